The van der Waals surface area contributed by atoms with Crippen molar-refractivity contribution in [1.29, 1.82) is 5.26 Å². The summed E-state index contributed by atoms with van der Waals surface area (Å²) in [6.07, 6.45) is 1.49. The third-order valence-corrected chi connectivity index (χ3v) is 3.05. The fraction of sp³-hybridized carbons (Fsp3) is 0. The molecule has 0 aliphatic heterocycles. The van der Waals surface area contributed by atoms with Crippen molar-refractivity contribution >= 4 is 0 Å². The molecule has 0 spiro atoms. The molecule has 3 nitrogen and oxygen atoms in total. The SMILES string of the molecule is N#Cc1ccc(Oc2ccc(-c3ccccc3)cc2)nc1. The van der Waals surface area contributed by atoms with E-state index in [1.165, 1.54) is 11.8 Å². The minimum Gasteiger partial charge on any atom is -0.439 e. The Labute approximate surface area is 123 Å². The second-order valence-electron chi connectivity index (χ2n) is 4.49. The van der Waals surface area contributed by atoms with E-state index in [4.69, 9.17) is 10.00 Å². The molecule has 0 aliphatic rings. The van der Waals surface area contributed by atoms with Gasteiger partial charge in [0.2, 0.25) is 5.88 Å². The lowest BCUT2D eigenvalue weighted by Gasteiger charge is -2.06. The number of rotatable bonds is 3. The molecule has 1 aromatic heterocycles. The lowest BCUT2D eigenvalue weighted by atomic mass is 10.1. The lowest BCUT2D eigenvalue weighted by molar-refractivity contribution is 0.463. The van der Waals surface area contributed by atoms with E-state index in [2.05, 4.69) is 17.1 Å². The Morgan fingerprint density at radius 3 is 2.14 bits per heavy atom. The van der Waals surface area contributed by atoms with Gasteiger partial charge in [-0.2, -0.15) is 5.26 Å². The minimum absolute atomic E-state index is 0.474. The van der Waals surface area contributed by atoms with Crippen molar-refractivity contribution in [3.63, 3.8) is 0 Å². The second-order valence-corrected chi connectivity index (χ2v) is 4.49. The van der Waals surface area contributed by atoms with Crippen LogP contribution in [-0.2, 0) is 0 Å². The lowest BCUT2D eigenvalue weighted by Crippen LogP contribution is -1.88. The van der Waals surface area contributed by atoms with Crippen LogP contribution in [0.3, 0.4) is 0 Å². The zero-order valence-corrected chi connectivity index (χ0v) is 11.2. The van der Waals surface area contributed by atoms with Gasteiger partial charge in [-0.3, -0.25) is 0 Å². The summed E-state index contributed by atoms with van der Waals surface area (Å²) >= 11 is 0. The molecule has 100 valence electrons. The van der Waals surface area contributed by atoms with Crippen LogP contribution in [0.25, 0.3) is 11.1 Å². The third kappa shape index (κ3) is 3.07. The molecule has 0 aliphatic carbocycles. The molecular weight excluding hydrogens is 260 g/mol. The molecule has 0 radical (unpaired) electrons. The van der Waals surface area contributed by atoms with Gasteiger partial charge in [0, 0.05) is 12.3 Å². The number of hydrogen-bond acceptors (Lipinski definition) is 3. The van der Waals surface area contributed by atoms with Gasteiger partial charge in [-0.15, -0.1) is 0 Å². The molecule has 0 amide bonds. The van der Waals surface area contributed by atoms with E-state index >= 15 is 0 Å². The molecule has 3 aromatic rings. The number of pyridine rings is 1. The van der Waals surface area contributed by atoms with Crippen LogP contribution in [-0.4, -0.2) is 4.98 Å². The Bertz CT molecular complexity index is 757. The molecule has 0 saturated heterocycles. The fourth-order valence-corrected chi connectivity index (χ4v) is 1.97. The molecule has 0 bridgehead atoms. The highest BCUT2D eigenvalue weighted by atomic mass is 16.5. The van der Waals surface area contributed by atoms with Crippen LogP contribution in [0.2, 0.25) is 0 Å². The van der Waals surface area contributed by atoms with E-state index in [1.54, 1.807) is 12.1 Å². The van der Waals surface area contributed by atoms with Crippen LogP contribution in [0.5, 0.6) is 11.6 Å². The van der Waals surface area contributed by atoms with Gasteiger partial charge in [0.05, 0.1) is 5.56 Å². The average molecular weight is 272 g/mol. The normalized spacial score (nSPS) is 9.86. The molecule has 21 heavy (non-hydrogen) atoms. The van der Waals surface area contributed by atoms with Crippen molar-refractivity contribution in [3.05, 3.63) is 78.5 Å². The molecule has 0 saturated carbocycles. The summed E-state index contributed by atoms with van der Waals surface area (Å²) in [5.74, 6) is 1.19. The molecule has 0 N–H and O–H groups in total. The quantitative estimate of drug-likeness (QED) is 0.709. The van der Waals surface area contributed by atoms with Gasteiger partial charge in [-0.25, -0.2) is 4.98 Å². The van der Waals surface area contributed by atoms with Gasteiger partial charge < -0.3 is 4.74 Å². The Hall–Kier alpha value is -3.12. The number of nitriles is 1. The van der Waals surface area contributed by atoms with Gasteiger partial charge in [-0.1, -0.05) is 42.5 Å². The first-order valence-corrected chi connectivity index (χ1v) is 6.55. The van der Waals surface area contributed by atoms with Crippen molar-refractivity contribution in [2.75, 3.05) is 0 Å². The maximum atomic E-state index is 8.73. The van der Waals surface area contributed by atoms with Gasteiger partial charge in [0.1, 0.15) is 11.8 Å². The molecule has 1 heterocycles. The summed E-state index contributed by atoms with van der Waals surface area (Å²) in [6.45, 7) is 0. The van der Waals surface area contributed by atoms with E-state index in [0.717, 1.165) is 5.56 Å². The van der Waals surface area contributed by atoms with Crippen LogP contribution in [0.4, 0.5) is 0 Å². The highest BCUT2D eigenvalue weighted by molar-refractivity contribution is 5.63. The summed E-state index contributed by atoms with van der Waals surface area (Å²) in [6, 6.07) is 23.4. The zero-order valence-electron chi connectivity index (χ0n) is 11.2. The summed E-state index contributed by atoms with van der Waals surface area (Å²) in [5.41, 5.74) is 2.82. The monoisotopic (exact) mass is 272 g/mol. The molecule has 0 fully saturated rings. The largest absolute Gasteiger partial charge is 0.439 e. The van der Waals surface area contributed by atoms with Crippen molar-refractivity contribution < 1.29 is 4.74 Å². The Kier molecular flexibility index (Phi) is 3.62. The number of hydrogen-bond donors (Lipinski definition) is 0. The van der Waals surface area contributed by atoms with Crippen LogP contribution >= 0.6 is 0 Å². The van der Waals surface area contributed by atoms with E-state index in [9.17, 15) is 0 Å². The number of ether oxygens (including phenoxy) is 1. The molecular formula is C18H12N2O. The molecule has 0 atom stereocenters. The van der Waals surface area contributed by atoms with Crippen molar-refractivity contribution in [2.24, 2.45) is 0 Å². The minimum atomic E-state index is 0.474. The maximum Gasteiger partial charge on any atom is 0.219 e. The fourth-order valence-electron chi connectivity index (χ4n) is 1.97. The molecule has 3 heteroatoms. The van der Waals surface area contributed by atoms with Gasteiger partial charge in [0.15, 0.2) is 0 Å². The summed E-state index contributed by atoms with van der Waals surface area (Å²) in [5, 5.41) is 8.73. The summed E-state index contributed by atoms with van der Waals surface area (Å²) < 4.78 is 5.65. The van der Waals surface area contributed by atoms with Crippen LogP contribution in [0, 0.1) is 11.3 Å². The van der Waals surface area contributed by atoms with Gasteiger partial charge in [0.25, 0.3) is 0 Å². The van der Waals surface area contributed by atoms with Crippen LogP contribution in [0.1, 0.15) is 5.56 Å². The smallest absolute Gasteiger partial charge is 0.219 e. The number of aromatic nitrogens is 1. The van der Waals surface area contributed by atoms with E-state index < -0.39 is 0 Å². The Morgan fingerprint density at radius 1 is 0.810 bits per heavy atom. The van der Waals surface area contributed by atoms with E-state index in [-0.39, 0.29) is 0 Å². The van der Waals surface area contributed by atoms with Gasteiger partial charge >= 0.3 is 0 Å². The van der Waals surface area contributed by atoms with Gasteiger partial charge in [-0.05, 0) is 29.3 Å². The standard InChI is InChI=1S/C18H12N2O/c19-12-14-6-11-18(20-13-14)21-17-9-7-16(8-10-17)15-4-2-1-3-5-15/h1-11,13H. The third-order valence-electron chi connectivity index (χ3n) is 3.05. The van der Waals surface area contributed by atoms with Crippen molar-refractivity contribution in [2.45, 2.75) is 0 Å². The first kappa shape index (κ1) is 12.9. The predicted octanol–water partition coefficient (Wildman–Crippen LogP) is 4.41. The highest BCUT2D eigenvalue weighted by Crippen LogP contribution is 2.24. The number of benzene rings is 2. The van der Waals surface area contributed by atoms with Crippen molar-refractivity contribution in [1.82, 2.24) is 4.98 Å². The predicted molar refractivity (Wildman–Crippen MR) is 80.9 cm³/mol. The first-order chi connectivity index (χ1) is 10.3. The first-order valence-electron chi connectivity index (χ1n) is 6.55. The average Bonchev–Trinajstić information content (AvgIpc) is 2.57. The topological polar surface area (TPSA) is 45.9 Å². The maximum absolute atomic E-state index is 8.73. The zero-order chi connectivity index (χ0) is 14.5. The molecule has 2 aromatic carbocycles. The summed E-state index contributed by atoms with van der Waals surface area (Å²) in [4.78, 5) is 4.08. The molecule has 3 rings (SSSR count). The van der Waals surface area contributed by atoms with Crippen LogP contribution < -0.4 is 4.74 Å². The van der Waals surface area contributed by atoms with E-state index in [1.807, 2.05) is 48.5 Å². The summed E-state index contributed by atoms with van der Waals surface area (Å²) in [7, 11) is 0. The van der Waals surface area contributed by atoms with Crippen LogP contribution in [0.15, 0.2) is 72.9 Å². The Balaban J connectivity index is 1.76. The number of nitrogens with zero attached hydrogens (tertiary/aromatic N) is 2. The van der Waals surface area contributed by atoms with E-state index in [0.29, 0.717) is 17.2 Å². The second kappa shape index (κ2) is 5.89. The molecule has 0 unspecified atom stereocenters. The van der Waals surface area contributed by atoms with Crippen molar-refractivity contribution in [3.8, 4) is 28.8 Å². The Morgan fingerprint density at radius 2 is 1.52 bits per heavy atom. The highest BCUT2D eigenvalue weighted by Gasteiger charge is 2.01.